The predicted molar refractivity (Wildman–Crippen MR) is 203 cm³/mol. The van der Waals surface area contributed by atoms with E-state index < -0.39 is 0 Å². The Kier molecular flexibility index (Phi) is 17.3. The highest BCUT2D eigenvalue weighted by atomic mass is 17.2. The van der Waals surface area contributed by atoms with Gasteiger partial charge in [-0.1, -0.05) is 52.0 Å². The highest BCUT2D eigenvalue weighted by Crippen LogP contribution is 2.33. The minimum absolute atomic E-state index is 0.0111. The summed E-state index contributed by atoms with van der Waals surface area (Å²) in [5.74, 6) is 4.44. The summed E-state index contributed by atoms with van der Waals surface area (Å²) in [6.45, 7) is 8.80. The van der Waals surface area contributed by atoms with E-state index in [1.54, 1.807) is 42.7 Å². The molecule has 0 aliphatic carbocycles. The maximum Gasteiger partial charge on any atom is 0.210 e. The van der Waals surface area contributed by atoms with E-state index in [1.807, 2.05) is 48.5 Å². The SMILES string of the molecule is COC1=NC(C(CCO)c2ccc(OC)cc2)C(OC)=NC1C(C)C.COOCCC(c1ccc(OC)cc1)C1N=C(OC)C(C(C)C)N=C1OC. The van der Waals surface area contributed by atoms with Crippen LogP contribution in [-0.4, -0.2) is 116 Å². The molecule has 2 aliphatic heterocycles. The van der Waals surface area contributed by atoms with Gasteiger partial charge >= 0.3 is 0 Å². The lowest BCUT2D eigenvalue weighted by Crippen LogP contribution is -2.40. The zero-order chi connectivity index (χ0) is 38.2. The van der Waals surface area contributed by atoms with Gasteiger partial charge in [-0.25, -0.2) is 29.7 Å². The number of ether oxygens (including phenoxy) is 6. The quantitative estimate of drug-likeness (QED) is 0.143. The molecule has 0 aromatic heterocycles. The van der Waals surface area contributed by atoms with Gasteiger partial charge in [0.05, 0.1) is 56.4 Å². The number of nitrogens with zero attached hydrogens (tertiary/aromatic N) is 4. The van der Waals surface area contributed by atoms with Crippen LogP contribution in [0.15, 0.2) is 68.5 Å². The number of aliphatic imine (C=N–C) groups is 4. The molecule has 0 radical (unpaired) electrons. The van der Waals surface area contributed by atoms with Crippen LogP contribution in [0.25, 0.3) is 0 Å². The van der Waals surface area contributed by atoms with Gasteiger partial charge in [-0.3, -0.25) is 0 Å². The Bertz CT molecular complexity index is 1480. The molecule has 288 valence electrons. The maximum absolute atomic E-state index is 9.57. The molecule has 52 heavy (non-hydrogen) atoms. The fraction of sp³-hybridized carbons (Fsp3) is 0.590. The topological polar surface area (TPSA) is 144 Å². The minimum atomic E-state index is -0.324. The molecule has 1 N–H and O–H groups in total. The van der Waals surface area contributed by atoms with Gasteiger partial charge in [-0.15, -0.1) is 0 Å². The first-order valence-electron chi connectivity index (χ1n) is 17.6. The largest absolute Gasteiger partial charge is 0.497 e. The molecule has 4 rings (SSSR count). The van der Waals surface area contributed by atoms with E-state index in [2.05, 4.69) is 27.7 Å². The summed E-state index contributed by atoms with van der Waals surface area (Å²) in [7, 11) is 11.3. The first-order chi connectivity index (χ1) is 25.1. The molecule has 2 aromatic carbocycles. The Morgan fingerprint density at radius 3 is 1.15 bits per heavy atom. The molecule has 0 saturated carbocycles. The number of hydrogen-bond donors (Lipinski definition) is 1. The monoisotopic (exact) mass is 726 g/mol. The van der Waals surface area contributed by atoms with Crippen LogP contribution in [0.1, 0.15) is 63.5 Å². The van der Waals surface area contributed by atoms with Crippen LogP contribution < -0.4 is 9.47 Å². The van der Waals surface area contributed by atoms with Crippen molar-refractivity contribution >= 4 is 23.6 Å². The van der Waals surface area contributed by atoms with Crippen LogP contribution in [0.4, 0.5) is 0 Å². The van der Waals surface area contributed by atoms with E-state index in [9.17, 15) is 5.11 Å². The smallest absolute Gasteiger partial charge is 0.210 e. The molecule has 0 bridgehead atoms. The molecular weight excluding hydrogens is 668 g/mol. The van der Waals surface area contributed by atoms with Crippen LogP contribution >= 0.6 is 0 Å². The van der Waals surface area contributed by atoms with Crippen molar-refractivity contribution in [1.82, 2.24) is 0 Å². The number of methoxy groups -OCH3 is 6. The second-order valence-corrected chi connectivity index (χ2v) is 13.0. The van der Waals surface area contributed by atoms with E-state index in [0.717, 1.165) is 22.6 Å². The van der Waals surface area contributed by atoms with Gasteiger partial charge in [0.2, 0.25) is 23.6 Å². The first kappa shape index (κ1) is 42.2. The molecule has 2 aromatic rings. The Hall–Kier alpha value is -4.20. The Labute approximate surface area is 309 Å². The average Bonchev–Trinajstić information content (AvgIpc) is 3.17. The molecule has 2 aliphatic rings. The fourth-order valence-electron chi connectivity index (χ4n) is 6.27. The summed E-state index contributed by atoms with van der Waals surface area (Å²) in [4.78, 5) is 29.0. The summed E-state index contributed by atoms with van der Waals surface area (Å²) >= 11 is 0. The Balaban J connectivity index is 0.000000281. The second-order valence-electron chi connectivity index (χ2n) is 13.0. The first-order valence-corrected chi connectivity index (χ1v) is 17.6. The van der Waals surface area contributed by atoms with E-state index in [-0.39, 0.29) is 54.4 Å². The third-order valence-corrected chi connectivity index (χ3v) is 9.10. The van der Waals surface area contributed by atoms with Gasteiger partial charge < -0.3 is 33.5 Å². The number of aliphatic hydroxyl groups excluding tert-OH is 1. The van der Waals surface area contributed by atoms with Crippen molar-refractivity contribution in [3.63, 3.8) is 0 Å². The molecule has 2 heterocycles. The van der Waals surface area contributed by atoms with E-state index in [0.29, 0.717) is 43.0 Å². The highest BCUT2D eigenvalue weighted by molar-refractivity contribution is 5.95. The standard InChI is InChI=1S/C20H30N2O5.C19H28N2O4/c1-13(2)17-19(24-4)22-18(20(21-17)25-5)16(11-12-27-26-6)14-7-9-15(23-3)10-8-14;1-12(2)16-18(24-4)21-17(19(20-16)25-5)15(10-11-22)13-6-8-14(23-3)9-7-13/h7-10,13,16-18H,11-12H2,1-6H3;6-9,12,15-17,22H,10-11H2,1-5H3. The Morgan fingerprint density at radius 2 is 0.846 bits per heavy atom. The molecule has 6 unspecified atom stereocenters. The molecular formula is C39H58N4O9. The summed E-state index contributed by atoms with van der Waals surface area (Å²) in [5, 5.41) is 9.57. The zero-order valence-electron chi connectivity index (χ0n) is 32.6. The summed E-state index contributed by atoms with van der Waals surface area (Å²) < 4.78 is 32.7. The van der Waals surface area contributed by atoms with Gasteiger partial charge in [0.1, 0.15) is 35.7 Å². The van der Waals surface area contributed by atoms with Crippen LogP contribution in [0.2, 0.25) is 0 Å². The maximum atomic E-state index is 9.57. The molecule has 0 amide bonds. The van der Waals surface area contributed by atoms with Crippen LogP contribution in [0.3, 0.4) is 0 Å². The lowest BCUT2D eigenvalue weighted by atomic mass is 9.87. The van der Waals surface area contributed by atoms with Crippen molar-refractivity contribution in [2.24, 2.45) is 31.8 Å². The van der Waals surface area contributed by atoms with Crippen LogP contribution in [0, 0.1) is 11.8 Å². The lowest BCUT2D eigenvalue weighted by Gasteiger charge is -2.31. The molecule has 0 spiro atoms. The third-order valence-electron chi connectivity index (χ3n) is 9.10. The number of rotatable bonds is 14. The molecule has 0 fully saturated rings. The minimum Gasteiger partial charge on any atom is -0.497 e. The van der Waals surface area contributed by atoms with Gasteiger partial charge in [0.25, 0.3) is 0 Å². The average molecular weight is 727 g/mol. The normalized spacial score (nSPS) is 21.0. The number of aliphatic hydroxyl groups is 1. The van der Waals surface area contributed by atoms with Crippen LogP contribution in [0.5, 0.6) is 11.5 Å². The molecule has 13 heteroatoms. The van der Waals surface area contributed by atoms with E-state index >= 15 is 0 Å². The third kappa shape index (κ3) is 10.9. The molecule has 0 saturated heterocycles. The van der Waals surface area contributed by atoms with Gasteiger partial charge in [0, 0.05) is 18.4 Å². The van der Waals surface area contributed by atoms with Crippen molar-refractivity contribution in [3.05, 3.63) is 59.7 Å². The highest BCUT2D eigenvalue weighted by Gasteiger charge is 2.37. The number of hydrogen-bond acceptors (Lipinski definition) is 13. The zero-order valence-corrected chi connectivity index (χ0v) is 32.6. The molecule has 6 atom stereocenters. The second kappa shape index (κ2) is 21.4. The Morgan fingerprint density at radius 1 is 0.500 bits per heavy atom. The van der Waals surface area contributed by atoms with Crippen molar-refractivity contribution < 1.29 is 43.3 Å². The predicted octanol–water partition coefficient (Wildman–Crippen LogP) is 5.90. The van der Waals surface area contributed by atoms with Crippen molar-refractivity contribution in [1.29, 1.82) is 0 Å². The summed E-state index contributed by atoms with van der Waals surface area (Å²) in [5.41, 5.74) is 2.14. The van der Waals surface area contributed by atoms with Gasteiger partial charge in [-0.05, 0) is 60.1 Å². The summed E-state index contributed by atoms with van der Waals surface area (Å²) in [6, 6.07) is 14.8. The number of benzene rings is 2. The van der Waals surface area contributed by atoms with E-state index in [1.165, 1.54) is 7.11 Å². The van der Waals surface area contributed by atoms with Gasteiger partial charge in [-0.2, -0.15) is 0 Å². The van der Waals surface area contributed by atoms with Crippen molar-refractivity contribution in [3.8, 4) is 11.5 Å². The van der Waals surface area contributed by atoms with Crippen molar-refractivity contribution in [2.45, 2.75) is 76.5 Å². The van der Waals surface area contributed by atoms with Gasteiger partial charge in [0.15, 0.2) is 0 Å². The van der Waals surface area contributed by atoms with E-state index in [4.69, 9.17) is 58.2 Å². The van der Waals surface area contributed by atoms with Crippen LogP contribution in [-0.2, 0) is 28.7 Å². The fourth-order valence-corrected chi connectivity index (χ4v) is 6.27. The van der Waals surface area contributed by atoms with Crippen molar-refractivity contribution in [2.75, 3.05) is 63.0 Å². The lowest BCUT2D eigenvalue weighted by molar-refractivity contribution is -0.273. The summed E-state index contributed by atoms with van der Waals surface area (Å²) in [6.07, 6.45) is 1.23. The molecule has 13 nitrogen and oxygen atoms in total.